The second kappa shape index (κ2) is 9.75. The van der Waals surface area contributed by atoms with E-state index in [1.165, 1.54) is 0 Å². The summed E-state index contributed by atoms with van der Waals surface area (Å²) in [6.07, 6.45) is 0.526. The fraction of sp³-hybridized carbons (Fsp3) is 0.619. The highest BCUT2D eigenvalue weighted by Crippen LogP contribution is 2.25. The second-order valence-corrected chi connectivity index (χ2v) is 9.60. The molecule has 0 aliphatic carbocycles. The molecular weight excluding hydrogens is 457 g/mol. The van der Waals surface area contributed by atoms with Gasteiger partial charge in [-0.3, -0.25) is 0 Å². The average molecular weight is 489 g/mol. The molecule has 27 heavy (non-hydrogen) atoms. The van der Waals surface area contributed by atoms with Gasteiger partial charge in [-0.15, -0.1) is 0 Å². The average Bonchev–Trinajstić information content (AvgIpc) is 2.52. The zero-order valence-electron chi connectivity index (χ0n) is 17.5. The van der Waals surface area contributed by atoms with Crippen molar-refractivity contribution in [2.24, 2.45) is 0 Å². The Kier molecular flexibility index (Phi) is 8.57. The molecule has 0 spiro atoms. The van der Waals surface area contributed by atoms with E-state index in [4.69, 9.17) is 9.47 Å². The third-order valence-corrected chi connectivity index (χ3v) is 4.39. The van der Waals surface area contributed by atoms with Gasteiger partial charge in [-0.05, 0) is 72.6 Å². The lowest BCUT2D eigenvalue weighted by molar-refractivity contribution is 0.00692. The van der Waals surface area contributed by atoms with Crippen LogP contribution < -0.4 is 0 Å². The van der Waals surface area contributed by atoms with Crippen molar-refractivity contribution in [2.45, 2.75) is 72.1 Å². The first-order valence-electron chi connectivity index (χ1n) is 9.23. The molecule has 5 nitrogen and oxygen atoms in total. The maximum atomic E-state index is 12.7. The van der Waals surface area contributed by atoms with E-state index in [1.807, 2.05) is 60.6 Å². The topological polar surface area (TPSA) is 55.8 Å². The molecule has 1 aromatic rings. The van der Waals surface area contributed by atoms with Gasteiger partial charge in [0.15, 0.2) is 0 Å². The summed E-state index contributed by atoms with van der Waals surface area (Å²) < 4.78 is 12.0. The zero-order chi connectivity index (χ0) is 20.8. The highest BCUT2D eigenvalue weighted by Gasteiger charge is 2.27. The quantitative estimate of drug-likeness (QED) is 0.290. The highest BCUT2D eigenvalue weighted by molar-refractivity contribution is 14.1. The van der Waals surface area contributed by atoms with Crippen molar-refractivity contribution < 1.29 is 19.1 Å². The largest absolute Gasteiger partial charge is 0.456 e. The molecule has 0 aliphatic heterocycles. The van der Waals surface area contributed by atoms with Crippen LogP contribution in [0.25, 0.3) is 0 Å². The van der Waals surface area contributed by atoms with Crippen LogP contribution >= 0.6 is 22.6 Å². The van der Waals surface area contributed by atoms with Crippen molar-refractivity contribution in [2.75, 3.05) is 11.0 Å². The summed E-state index contributed by atoms with van der Waals surface area (Å²) in [6, 6.07) is 7.04. The van der Waals surface area contributed by atoms with Crippen molar-refractivity contribution in [1.82, 2.24) is 4.90 Å². The van der Waals surface area contributed by atoms with E-state index < -0.39 is 11.2 Å². The Morgan fingerprint density at radius 1 is 1.07 bits per heavy atom. The lowest BCUT2D eigenvalue weighted by atomic mass is 10.0. The standard InChI is InChI=1S/C21H32INO4/c1-15(23(13-9-12-22)19(25)27-21(5,6)7)16-10-8-11-17(14-16)18(24)26-20(2,3)4/h8,10-11,14-15H,9,12-13H2,1-7H3. The molecule has 1 atom stereocenters. The van der Waals surface area contributed by atoms with Gasteiger partial charge in [0, 0.05) is 11.0 Å². The van der Waals surface area contributed by atoms with Gasteiger partial charge < -0.3 is 14.4 Å². The first kappa shape index (κ1) is 23.7. The minimum Gasteiger partial charge on any atom is -0.456 e. The summed E-state index contributed by atoms with van der Waals surface area (Å²) in [7, 11) is 0. The molecule has 0 heterocycles. The molecular formula is C21H32INO4. The van der Waals surface area contributed by atoms with Gasteiger partial charge in [-0.2, -0.15) is 0 Å². The van der Waals surface area contributed by atoms with Gasteiger partial charge in [-0.1, -0.05) is 34.7 Å². The predicted molar refractivity (Wildman–Crippen MR) is 116 cm³/mol. The van der Waals surface area contributed by atoms with Crippen LogP contribution in [0.4, 0.5) is 4.79 Å². The fourth-order valence-corrected chi connectivity index (χ4v) is 2.78. The Labute approximate surface area is 176 Å². The third kappa shape index (κ3) is 8.49. The van der Waals surface area contributed by atoms with Crippen LogP contribution in [-0.4, -0.2) is 39.1 Å². The molecule has 1 rings (SSSR count). The zero-order valence-corrected chi connectivity index (χ0v) is 19.6. The SMILES string of the molecule is CC(c1cccc(C(=O)OC(C)(C)C)c1)N(CCCI)C(=O)OC(C)(C)C. The van der Waals surface area contributed by atoms with Crippen LogP contribution in [0.15, 0.2) is 24.3 Å². The number of hydrogen-bond donors (Lipinski definition) is 0. The summed E-state index contributed by atoms with van der Waals surface area (Å²) in [5, 5.41) is 0. The van der Waals surface area contributed by atoms with Crippen LogP contribution in [0.1, 0.15) is 76.9 Å². The summed E-state index contributed by atoms with van der Waals surface area (Å²) in [6.45, 7) is 13.6. The summed E-state index contributed by atoms with van der Waals surface area (Å²) in [5.41, 5.74) is 0.240. The Hall–Kier alpha value is -1.31. The van der Waals surface area contributed by atoms with Gasteiger partial charge in [0.2, 0.25) is 0 Å². The van der Waals surface area contributed by atoms with Gasteiger partial charge in [0.25, 0.3) is 0 Å². The van der Waals surface area contributed by atoms with E-state index >= 15 is 0 Å². The van der Waals surface area contributed by atoms with Gasteiger partial charge >= 0.3 is 12.1 Å². The van der Waals surface area contributed by atoms with Crippen molar-refractivity contribution in [1.29, 1.82) is 0 Å². The Bertz CT molecular complexity index is 646. The number of hydrogen-bond acceptors (Lipinski definition) is 4. The monoisotopic (exact) mass is 489 g/mol. The van der Waals surface area contributed by atoms with Crippen LogP contribution in [0.3, 0.4) is 0 Å². The van der Waals surface area contributed by atoms with Crippen molar-refractivity contribution in [3.8, 4) is 0 Å². The smallest absolute Gasteiger partial charge is 0.410 e. The van der Waals surface area contributed by atoms with E-state index in [0.717, 1.165) is 16.4 Å². The maximum Gasteiger partial charge on any atom is 0.410 e. The summed E-state index contributed by atoms with van der Waals surface area (Å²) >= 11 is 2.30. The number of ether oxygens (including phenoxy) is 2. The van der Waals surface area contributed by atoms with E-state index in [2.05, 4.69) is 22.6 Å². The number of nitrogens with zero attached hydrogens (tertiary/aromatic N) is 1. The Balaban J connectivity index is 3.07. The van der Waals surface area contributed by atoms with Crippen molar-refractivity contribution >= 4 is 34.7 Å². The first-order valence-corrected chi connectivity index (χ1v) is 10.8. The molecule has 0 radical (unpaired) electrons. The predicted octanol–water partition coefficient (Wildman–Crippen LogP) is 5.77. The second-order valence-electron chi connectivity index (χ2n) is 8.52. The highest BCUT2D eigenvalue weighted by atomic mass is 127. The number of amides is 1. The molecule has 0 N–H and O–H groups in total. The number of benzene rings is 1. The number of halogens is 1. The van der Waals surface area contributed by atoms with E-state index in [-0.39, 0.29) is 18.1 Å². The number of esters is 1. The molecule has 0 bridgehead atoms. The van der Waals surface area contributed by atoms with Crippen LogP contribution in [0.5, 0.6) is 0 Å². The van der Waals surface area contributed by atoms with Crippen molar-refractivity contribution in [3.63, 3.8) is 0 Å². The lowest BCUT2D eigenvalue weighted by Crippen LogP contribution is -2.39. The molecule has 6 heteroatoms. The number of carbonyl (C=O) groups excluding carboxylic acids is 2. The van der Waals surface area contributed by atoms with Crippen LogP contribution in [0, 0.1) is 0 Å². The molecule has 0 saturated heterocycles. The van der Waals surface area contributed by atoms with Gasteiger partial charge in [0.05, 0.1) is 11.6 Å². The molecule has 1 amide bonds. The van der Waals surface area contributed by atoms with Crippen LogP contribution in [-0.2, 0) is 9.47 Å². The number of rotatable bonds is 6. The minimum atomic E-state index is -0.558. The lowest BCUT2D eigenvalue weighted by Gasteiger charge is -2.32. The summed E-state index contributed by atoms with van der Waals surface area (Å²) in [4.78, 5) is 26.8. The van der Waals surface area contributed by atoms with Gasteiger partial charge in [0.1, 0.15) is 11.2 Å². The molecule has 0 aromatic heterocycles. The van der Waals surface area contributed by atoms with E-state index in [9.17, 15) is 9.59 Å². The van der Waals surface area contributed by atoms with E-state index in [0.29, 0.717) is 12.1 Å². The fourth-order valence-electron chi connectivity index (χ4n) is 2.44. The maximum absolute atomic E-state index is 12.7. The molecule has 0 fully saturated rings. The third-order valence-electron chi connectivity index (χ3n) is 3.63. The molecule has 0 saturated carbocycles. The molecule has 152 valence electrons. The minimum absolute atomic E-state index is 0.217. The van der Waals surface area contributed by atoms with Crippen molar-refractivity contribution in [3.05, 3.63) is 35.4 Å². The Morgan fingerprint density at radius 3 is 2.19 bits per heavy atom. The Morgan fingerprint density at radius 2 is 1.67 bits per heavy atom. The van der Waals surface area contributed by atoms with E-state index in [1.54, 1.807) is 17.0 Å². The number of alkyl halides is 1. The summed E-state index contributed by atoms with van der Waals surface area (Å²) in [5.74, 6) is -0.368. The first-order chi connectivity index (χ1) is 12.3. The molecule has 0 aliphatic rings. The molecule has 1 aromatic carbocycles. The molecule has 1 unspecified atom stereocenters. The van der Waals surface area contributed by atoms with Crippen LogP contribution in [0.2, 0.25) is 0 Å². The number of carbonyl (C=O) groups is 2. The normalized spacial score (nSPS) is 13.0. The van der Waals surface area contributed by atoms with Gasteiger partial charge in [-0.25, -0.2) is 9.59 Å².